The maximum absolute atomic E-state index is 6.11. The summed E-state index contributed by atoms with van der Waals surface area (Å²) >= 11 is 0. The SMILES string of the molecule is CC1OCCC1N(C)C1(CN)CCCN(C)C1. The Bertz CT molecular complexity index is 261. The molecular weight excluding hydrogens is 214 g/mol. The predicted octanol–water partition coefficient (Wildman–Crippen LogP) is 0.519. The van der Waals surface area contributed by atoms with Crippen molar-refractivity contribution in [1.82, 2.24) is 9.80 Å². The summed E-state index contributed by atoms with van der Waals surface area (Å²) in [5.41, 5.74) is 6.26. The van der Waals surface area contributed by atoms with E-state index in [4.69, 9.17) is 10.5 Å². The first-order valence-corrected chi connectivity index (χ1v) is 6.82. The molecule has 0 saturated carbocycles. The zero-order valence-corrected chi connectivity index (χ0v) is 11.5. The van der Waals surface area contributed by atoms with Gasteiger partial charge >= 0.3 is 0 Å². The third-order valence-electron chi connectivity index (χ3n) is 4.71. The van der Waals surface area contributed by atoms with Gasteiger partial charge in [-0.2, -0.15) is 0 Å². The minimum absolute atomic E-state index is 0.152. The highest BCUT2D eigenvalue weighted by Crippen LogP contribution is 2.31. The van der Waals surface area contributed by atoms with Gasteiger partial charge in [-0.05, 0) is 46.8 Å². The largest absolute Gasteiger partial charge is 0.377 e. The van der Waals surface area contributed by atoms with Crippen LogP contribution in [0.5, 0.6) is 0 Å². The first-order valence-electron chi connectivity index (χ1n) is 6.82. The van der Waals surface area contributed by atoms with E-state index in [0.29, 0.717) is 12.1 Å². The molecule has 2 N–H and O–H groups in total. The highest BCUT2D eigenvalue weighted by Gasteiger charge is 2.42. The van der Waals surface area contributed by atoms with Gasteiger partial charge in [0.2, 0.25) is 0 Å². The van der Waals surface area contributed by atoms with Crippen molar-refractivity contribution in [1.29, 1.82) is 0 Å². The molecule has 2 aliphatic heterocycles. The van der Waals surface area contributed by atoms with Crippen LogP contribution in [0.1, 0.15) is 26.2 Å². The summed E-state index contributed by atoms with van der Waals surface area (Å²) in [5.74, 6) is 0. The monoisotopic (exact) mass is 241 g/mol. The van der Waals surface area contributed by atoms with Crippen LogP contribution < -0.4 is 5.73 Å². The van der Waals surface area contributed by atoms with Crippen molar-refractivity contribution in [2.24, 2.45) is 5.73 Å². The van der Waals surface area contributed by atoms with Crippen LogP contribution in [0.4, 0.5) is 0 Å². The molecule has 0 amide bonds. The fourth-order valence-corrected chi connectivity index (χ4v) is 3.52. The van der Waals surface area contributed by atoms with Gasteiger partial charge in [0.25, 0.3) is 0 Å². The molecule has 0 radical (unpaired) electrons. The predicted molar refractivity (Wildman–Crippen MR) is 70.1 cm³/mol. The molecule has 2 aliphatic rings. The van der Waals surface area contributed by atoms with Crippen LogP contribution in [0.3, 0.4) is 0 Å². The van der Waals surface area contributed by atoms with E-state index in [9.17, 15) is 0 Å². The van der Waals surface area contributed by atoms with Crippen molar-refractivity contribution >= 4 is 0 Å². The third kappa shape index (κ3) is 2.50. The summed E-state index contributed by atoms with van der Waals surface area (Å²) in [6, 6.07) is 0.532. The maximum atomic E-state index is 6.11. The van der Waals surface area contributed by atoms with Crippen molar-refractivity contribution in [3.05, 3.63) is 0 Å². The van der Waals surface area contributed by atoms with E-state index < -0.39 is 0 Å². The fourth-order valence-electron chi connectivity index (χ4n) is 3.52. The third-order valence-corrected chi connectivity index (χ3v) is 4.71. The zero-order valence-electron chi connectivity index (χ0n) is 11.5. The number of likely N-dealkylation sites (tertiary alicyclic amines) is 1. The average Bonchev–Trinajstić information content (AvgIpc) is 2.74. The number of ether oxygens (including phenoxy) is 1. The number of nitrogens with two attached hydrogens (primary N) is 1. The lowest BCUT2D eigenvalue weighted by Gasteiger charge is -2.49. The van der Waals surface area contributed by atoms with E-state index in [0.717, 1.165) is 26.1 Å². The van der Waals surface area contributed by atoms with Crippen LogP contribution in [0, 0.1) is 0 Å². The molecule has 4 nitrogen and oxygen atoms in total. The molecule has 2 rings (SSSR count). The first-order chi connectivity index (χ1) is 8.09. The lowest BCUT2D eigenvalue weighted by Crippen LogP contribution is -2.64. The molecule has 0 aromatic rings. The zero-order chi connectivity index (χ0) is 12.5. The summed E-state index contributed by atoms with van der Waals surface area (Å²) < 4.78 is 5.70. The van der Waals surface area contributed by atoms with Crippen LogP contribution in [-0.2, 0) is 4.74 Å². The van der Waals surface area contributed by atoms with Gasteiger partial charge in [-0.15, -0.1) is 0 Å². The fraction of sp³-hybridized carbons (Fsp3) is 1.00. The molecule has 0 aromatic carbocycles. The van der Waals surface area contributed by atoms with Gasteiger partial charge in [-0.3, -0.25) is 4.90 Å². The van der Waals surface area contributed by atoms with Crippen molar-refractivity contribution in [3.63, 3.8) is 0 Å². The van der Waals surface area contributed by atoms with Gasteiger partial charge in [-0.25, -0.2) is 0 Å². The van der Waals surface area contributed by atoms with Crippen molar-refractivity contribution in [2.45, 2.75) is 43.9 Å². The standard InChI is InChI=1S/C13H27N3O/c1-11-12(5-8-17-11)16(3)13(9-14)6-4-7-15(2)10-13/h11-12H,4-10,14H2,1-3H3. The number of hydrogen-bond donors (Lipinski definition) is 1. The normalized spacial score (nSPS) is 40.1. The summed E-state index contributed by atoms with van der Waals surface area (Å²) in [6.45, 7) is 6.12. The number of likely N-dealkylation sites (N-methyl/N-ethyl adjacent to an activating group) is 2. The summed E-state index contributed by atoms with van der Waals surface area (Å²) in [5, 5.41) is 0. The molecule has 0 bridgehead atoms. The van der Waals surface area contributed by atoms with Crippen molar-refractivity contribution < 1.29 is 4.74 Å². The molecule has 2 saturated heterocycles. The highest BCUT2D eigenvalue weighted by atomic mass is 16.5. The van der Waals surface area contributed by atoms with Gasteiger partial charge in [-0.1, -0.05) is 0 Å². The lowest BCUT2D eigenvalue weighted by atomic mass is 9.85. The molecule has 3 atom stereocenters. The van der Waals surface area contributed by atoms with Gasteiger partial charge in [0, 0.05) is 31.3 Å². The number of piperidine rings is 1. The van der Waals surface area contributed by atoms with E-state index >= 15 is 0 Å². The molecule has 0 aromatic heterocycles. The molecule has 2 fully saturated rings. The Morgan fingerprint density at radius 2 is 2.29 bits per heavy atom. The van der Waals surface area contributed by atoms with Crippen molar-refractivity contribution in [3.8, 4) is 0 Å². The molecule has 0 aliphatic carbocycles. The smallest absolute Gasteiger partial charge is 0.0703 e. The van der Waals surface area contributed by atoms with E-state index in [1.54, 1.807) is 0 Å². The Morgan fingerprint density at radius 3 is 2.82 bits per heavy atom. The Hall–Kier alpha value is -0.160. The van der Waals surface area contributed by atoms with Gasteiger partial charge < -0.3 is 15.4 Å². The second-order valence-electron chi connectivity index (χ2n) is 5.81. The van der Waals surface area contributed by atoms with Crippen LogP contribution in [0.25, 0.3) is 0 Å². The maximum Gasteiger partial charge on any atom is 0.0703 e. The second kappa shape index (κ2) is 5.22. The minimum atomic E-state index is 0.152. The van der Waals surface area contributed by atoms with E-state index in [1.165, 1.54) is 19.4 Å². The van der Waals surface area contributed by atoms with E-state index in [-0.39, 0.29) is 5.54 Å². The number of nitrogens with zero attached hydrogens (tertiary/aromatic N) is 2. The van der Waals surface area contributed by atoms with Gasteiger partial charge in [0.1, 0.15) is 0 Å². The molecule has 17 heavy (non-hydrogen) atoms. The molecular formula is C13H27N3O. The van der Waals surface area contributed by atoms with E-state index in [2.05, 4.69) is 30.8 Å². The first kappa shape index (κ1) is 13.3. The quantitative estimate of drug-likeness (QED) is 0.782. The summed E-state index contributed by atoms with van der Waals surface area (Å²) in [6.07, 6.45) is 3.95. The second-order valence-corrected chi connectivity index (χ2v) is 5.81. The van der Waals surface area contributed by atoms with Crippen LogP contribution in [-0.4, -0.2) is 67.8 Å². The van der Waals surface area contributed by atoms with Crippen LogP contribution in [0.15, 0.2) is 0 Å². The molecule has 2 heterocycles. The Balaban J connectivity index is 2.10. The summed E-state index contributed by atoms with van der Waals surface area (Å²) in [4.78, 5) is 4.92. The topological polar surface area (TPSA) is 41.7 Å². The number of rotatable bonds is 3. The number of hydrogen-bond acceptors (Lipinski definition) is 4. The average molecular weight is 241 g/mol. The highest BCUT2D eigenvalue weighted by molar-refractivity contribution is 5.00. The van der Waals surface area contributed by atoms with Gasteiger partial charge in [0.05, 0.1) is 6.10 Å². The van der Waals surface area contributed by atoms with Crippen LogP contribution >= 0.6 is 0 Å². The Morgan fingerprint density at radius 1 is 1.53 bits per heavy atom. The molecule has 0 spiro atoms. The van der Waals surface area contributed by atoms with Gasteiger partial charge in [0.15, 0.2) is 0 Å². The molecule has 100 valence electrons. The minimum Gasteiger partial charge on any atom is -0.377 e. The Kier molecular flexibility index (Phi) is 4.08. The molecule has 3 unspecified atom stereocenters. The van der Waals surface area contributed by atoms with Crippen molar-refractivity contribution in [2.75, 3.05) is 40.3 Å². The summed E-state index contributed by atoms with van der Waals surface area (Å²) in [7, 11) is 4.44. The molecule has 4 heteroatoms. The lowest BCUT2D eigenvalue weighted by molar-refractivity contribution is -0.00847. The van der Waals surface area contributed by atoms with E-state index in [1.807, 2.05) is 0 Å². The van der Waals surface area contributed by atoms with Crippen LogP contribution in [0.2, 0.25) is 0 Å². The Labute approximate surface area is 105 Å².